The van der Waals surface area contributed by atoms with Crippen LogP contribution < -0.4 is 0 Å². The van der Waals surface area contributed by atoms with Crippen molar-refractivity contribution in [2.24, 2.45) is 5.92 Å². The molecule has 0 unspecified atom stereocenters. The number of esters is 3. The molecule has 6 heteroatoms. The quantitative estimate of drug-likeness (QED) is 0.0343. The monoisotopic (exact) mass is 989 g/mol. The molecule has 0 N–H and O–H groups in total. The maximum atomic E-state index is 12.9. The van der Waals surface area contributed by atoms with E-state index in [4.69, 9.17) is 14.2 Å². The summed E-state index contributed by atoms with van der Waals surface area (Å²) in [5, 5.41) is 0. The SMILES string of the molecule is CCCCCCCCCCCCCCCCCCCC(=O)O[C@H](COC(=O)CCCCCCCCCCCCCCCC)COC(=O)CCCCCCCCCCCCCCCCCCCCC(C)C. The molecule has 0 saturated heterocycles. The second kappa shape index (κ2) is 58.3. The van der Waals surface area contributed by atoms with Crippen LogP contribution in [0.3, 0.4) is 0 Å². The molecule has 0 aromatic carbocycles. The van der Waals surface area contributed by atoms with E-state index in [0.29, 0.717) is 19.3 Å². The number of unbranched alkanes of at least 4 members (excludes halogenated alkanes) is 46. The predicted molar refractivity (Wildman–Crippen MR) is 303 cm³/mol. The second-order valence-corrected chi connectivity index (χ2v) is 22.5. The minimum Gasteiger partial charge on any atom is -0.462 e. The van der Waals surface area contributed by atoms with Crippen molar-refractivity contribution in [3.8, 4) is 0 Å². The Morgan fingerprint density at radius 3 is 0.700 bits per heavy atom. The zero-order valence-corrected chi connectivity index (χ0v) is 48.0. The lowest BCUT2D eigenvalue weighted by atomic mass is 10.0. The summed E-state index contributed by atoms with van der Waals surface area (Å²) < 4.78 is 17.0. The molecule has 416 valence electrons. The molecule has 0 aliphatic heterocycles. The lowest BCUT2D eigenvalue weighted by molar-refractivity contribution is -0.167. The number of carbonyl (C=O) groups excluding carboxylic acids is 3. The molecular weight excluding hydrogens is 865 g/mol. The highest BCUT2D eigenvalue weighted by molar-refractivity contribution is 5.71. The van der Waals surface area contributed by atoms with Gasteiger partial charge in [-0.2, -0.15) is 0 Å². The Labute approximate surface area is 438 Å². The molecule has 70 heavy (non-hydrogen) atoms. The number of rotatable bonds is 59. The molecule has 1 atom stereocenters. The zero-order valence-electron chi connectivity index (χ0n) is 48.0. The van der Waals surface area contributed by atoms with E-state index in [-0.39, 0.29) is 31.1 Å². The van der Waals surface area contributed by atoms with Crippen LogP contribution in [-0.2, 0) is 28.6 Å². The van der Waals surface area contributed by atoms with Gasteiger partial charge in [0.2, 0.25) is 0 Å². The van der Waals surface area contributed by atoms with Crippen molar-refractivity contribution < 1.29 is 28.6 Å². The van der Waals surface area contributed by atoms with Gasteiger partial charge in [0.15, 0.2) is 6.10 Å². The highest BCUT2D eigenvalue weighted by atomic mass is 16.6. The first-order valence-electron chi connectivity index (χ1n) is 31.9. The minimum absolute atomic E-state index is 0.0611. The summed E-state index contributed by atoms with van der Waals surface area (Å²) in [4.78, 5) is 38.3. The molecule has 0 fully saturated rings. The first-order valence-corrected chi connectivity index (χ1v) is 31.9. The minimum atomic E-state index is -0.762. The fourth-order valence-electron chi connectivity index (χ4n) is 9.99. The molecule has 0 bridgehead atoms. The van der Waals surface area contributed by atoms with Gasteiger partial charge in [-0.25, -0.2) is 0 Å². The predicted octanol–water partition coefficient (Wildman–Crippen LogP) is 21.4. The molecule has 0 radical (unpaired) electrons. The van der Waals surface area contributed by atoms with Crippen molar-refractivity contribution in [2.45, 2.75) is 374 Å². The Kier molecular flexibility index (Phi) is 57.0. The van der Waals surface area contributed by atoms with E-state index in [0.717, 1.165) is 63.7 Å². The molecular formula is C64H124O6. The van der Waals surface area contributed by atoms with E-state index in [1.165, 1.54) is 263 Å². The number of hydrogen-bond acceptors (Lipinski definition) is 6. The highest BCUT2D eigenvalue weighted by Crippen LogP contribution is 2.19. The van der Waals surface area contributed by atoms with Gasteiger partial charge < -0.3 is 14.2 Å². The molecule has 0 aliphatic rings. The van der Waals surface area contributed by atoms with Crippen molar-refractivity contribution >= 4 is 17.9 Å². The van der Waals surface area contributed by atoms with E-state index >= 15 is 0 Å². The Morgan fingerprint density at radius 2 is 0.471 bits per heavy atom. The summed E-state index contributed by atoms with van der Waals surface area (Å²) in [5.74, 6) is 0.0318. The lowest BCUT2D eigenvalue weighted by Gasteiger charge is -2.18. The standard InChI is InChI=1S/C64H124O6/c1-5-7-9-11-13-15-17-19-21-24-29-33-37-41-45-49-53-57-64(67)70-61(58-68-62(65)55-51-47-43-39-35-31-20-18-16-14-12-10-8-6-2)59-69-63(66)56-52-48-44-40-36-32-28-26-23-22-25-27-30-34-38-42-46-50-54-60(3)4/h60-61H,5-59H2,1-4H3/t61-/m1/s1. The third-order valence-electron chi connectivity index (χ3n) is 14.8. The van der Waals surface area contributed by atoms with E-state index < -0.39 is 6.10 Å². The Hall–Kier alpha value is -1.59. The number of hydrogen-bond donors (Lipinski definition) is 0. The maximum absolute atomic E-state index is 12.9. The first-order chi connectivity index (χ1) is 34.4. The third-order valence-corrected chi connectivity index (χ3v) is 14.8. The van der Waals surface area contributed by atoms with Gasteiger partial charge >= 0.3 is 17.9 Å². The molecule has 0 rings (SSSR count). The summed E-state index contributed by atoms with van der Waals surface area (Å²) >= 11 is 0. The first kappa shape index (κ1) is 68.4. The summed E-state index contributed by atoms with van der Waals surface area (Å²) in [6.45, 7) is 9.10. The van der Waals surface area contributed by atoms with Crippen LogP contribution in [0.25, 0.3) is 0 Å². The molecule has 0 spiro atoms. The van der Waals surface area contributed by atoms with Crippen LogP contribution in [0.2, 0.25) is 0 Å². The summed E-state index contributed by atoms with van der Waals surface area (Å²) in [7, 11) is 0. The van der Waals surface area contributed by atoms with E-state index in [1.807, 2.05) is 0 Å². The van der Waals surface area contributed by atoms with Gasteiger partial charge in [-0.05, 0) is 25.2 Å². The van der Waals surface area contributed by atoms with E-state index in [1.54, 1.807) is 0 Å². The normalized spacial score (nSPS) is 12.0. The van der Waals surface area contributed by atoms with E-state index in [9.17, 15) is 14.4 Å². The van der Waals surface area contributed by atoms with Crippen LogP contribution in [0.4, 0.5) is 0 Å². The highest BCUT2D eigenvalue weighted by Gasteiger charge is 2.19. The van der Waals surface area contributed by atoms with E-state index in [2.05, 4.69) is 27.7 Å². The summed E-state index contributed by atoms with van der Waals surface area (Å²) in [6.07, 6.45) is 65.3. The molecule has 0 aromatic heterocycles. The van der Waals surface area contributed by atoms with Crippen molar-refractivity contribution in [2.75, 3.05) is 13.2 Å². The van der Waals surface area contributed by atoms with Gasteiger partial charge in [0.25, 0.3) is 0 Å². The fourth-order valence-corrected chi connectivity index (χ4v) is 9.99. The molecule has 0 aromatic rings. The van der Waals surface area contributed by atoms with Crippen molar-refractivity contribution in [1.29, 1.82) is 0 Å². The van der Waals surface area contributed by atoms with Gasteiger partial charge in [0.05, 0.1) is 0 Å². The van der Waals surface area contributed by atoms with Crippen LogP contribution >= 0.6 is 0 Å². The molecule has 0 heterocycles. The van der Waals surface area contributed by atoms with Gasteiger partial charge in [0, 0.05) is 19.3 Å². The van der Waals surface area contributed by atoms with Gasteiger partial charge in [-0.3, -0.25) is 14.4 Å². The average molecular weight is 990 g/mol. The van der Waals surface area contributed by atoms with Crippen LogP contribution in [0, 0.1) is 5.92 Å². The molecule has 0 amide bonds. The number of carbonyl (C=O) groups is 3. The Balaban J connectivity index is 4.25. The van der Waals surface area contributed by atoms with Crippen LogP contribution in [0.1, 0.15) is 368 Å². The molecule has 0 aliphatic carbocycles. The summed E-state index contributed by atoms with van der Waals surface area (Å²) in [6, 6.07) is 0. The topological polar surface area (TPSA) is 78.9 Å². The van der Waals surface area contributed by atoms with Crippen molar-refractivity contribution in [3.05, 3.63) is 0 Å². The Bertz CT molecular complexity index is 1060. The van der Waals surface area contributed by atoms with Crippen LogP contribution in [0.15, 0.2) is 0 Å². The second-order valence-electron chi connectivity index (χ2n) is 22.5. The number of ether oxygens (including phenoxy) is 3. The smallest absolute Gasteiger partial charge is 0.306 e. The average Bonchev–Trinajstić information content (AvgIpc) is 3.35. The van der Waals surface area contributed by atoms with Gasteiger partial charge in [0.1, 0.15) is 13.2 Å². The third kappa shape index (κ3) is 57.3. The lowest BCUT2D eigenvalue weighted by Crippen LogP contribution is -2.30. The van der Waals surface area contributed by atoms with Gasteiger partial charge in [-0.15, -0.1) is 0 Å². The largest absolute Gasteiger partial charge is 0.462 e. The fraction of sp³-hybridized carbons (Fsp3) is 0.953. The molecule has 6 nitrogen and oxygen atoms in total. The van der Waals surface area contributed by atoms with Gasteiger partial charge in [-0.1, -0.05) is 329 Å². The molecule has 0 saturated carbocycles. The zero-order chi connectivity index (χ0) is 50.9. The van der Waals surface area contributed by atoms with Crippen molar-refractivity contribution in [3.63, 3.8) is 0 Å². The Morgan fingerprint density at radius 1 is 0.271 bits per heavy atom. The van der Waals surface area contributed by atoms with Crippen LogP contribution in [-0.4, -0.2) is 37.2 Å². The van der Waals surface area contributed by atoms with Crippen molar-refractivity contribution in [1.82, 2.24) is 0 Å². The summed E-state index contributed by atoms with van der Waals surface area (Å²) in [5.41, 5.74) is 0. The van der Waals surface area contributed by atoms with Crippen LogP contribution in [0.5, 0.6) is 0 Å². The maximum Gasteiger partial charge on any atom is 0.306 e.